The Labute approximate surface area is 182 Å². The van der Waals surface area contributed by atoms with E-state index in [1.54, 1.807) is 26.6 Å². The van der Waals surface area contributed by atoms with Crippen LogP contribution in [0.4, 0.5) is 0 Å². The van der Waals surface area contributed by atoms with Crippen LogP contribution < -0.4 is 14.8 Å². The Hall–Kier alpha value is -3.25. The number of amides is 1. The van der Waals surface area contributed by atoms with Gasteiger partial charge in [-0.1, -0.05) is 12.1 Å². The molecule has 1 aromatic heterocycles. The third-order valence-electron chi connectivity index (χ3n) is 4.95. The lowest BCUT2D eigenvalue weighted by molar-refractivity contribution is -0.117. The molecule has 0 saturated carbocycles. The molecule has 0 spiro atoms. The number of hydrogen-bond donors (Lipinski definition) is 1. The monoisotopic (exact) mass is 423 g/mol. The number of furan rings is 1. The summed E-state index contributed by atoms with van der Waals surface area (Å²) in [4.78, 5) is 12.4. The van der Waals surface area contributed by atoms with Crippen molar-refractivity contribution in [2.75, 3.05) is 27.4 Å². The first-order valence-electron chi connectivity index (χ1n) is 10.3. The van der Waals surface area contributed by atoms with Gasteiger partial charge >= 0.3 is 0 Å². The first-order chi connectivity index (χ1) is 15.0. The van der Waals surface area contributed by atoms with Gasteiger partial charge in [-0.25, -0.2) is 0 Å². The largest absolute Gasteiger partial charge is 0.496 e. The van der Waals surface area contributed by atoms with E-state index in [4.69, 9.17) is 18.6 Å². The van der Waals surface area contributed by atoms with Gasteiger partial charge in [0.2, 0.25) is 5.91 Å². The lowest BCUT2D eigenvalue weighted by Gasteiger charge is -2.13. The van der Waals surface area contributed by atoms with Crippen LogP contribution in [0.2, 0.25) is 0 Å². The molecule has 6 nitrogen and oxygen atoms in total. The quantitative estimate of drug-likeness (QED) is 0.487. The zero-order chi connectivity index (χ0) is 22.4. The zero-order valence-corrected chi connectivity index (χ0v) is 18.7. The predicted octanol–water partition coefficient (Wildman–Crippen LogP) is 5.06. The number of methoxy groups -OCH3 is 2. The maximum absolute atomic E-state index is 12.4. The molecule has 164 valence electrons. The van der Waals surface area contributed by atoms with Crippen LogP contribution in [0.5, 0.6) is 11.5 Å². The summed E-state index contributed by atoms with van der Waals surface area (Å²) in [5.74, 6) is 1.30. The lowest BCUT2D eigenvalue weighted by Crippen LogP contribution is -2.34. The molecule has 0 fully saturated rings. The Kier molecular flexibility index (Phi) is 7.36. The molecule has 3 aromatic rings. The van der Waals surface area contributed by atoms with Crippen LogP contribution in [0.15, 0.2) is 53.2 Å². The van der Waals surface area contributed by atoms with Gasteiger partial charge < -0.3 is 23.9 Å². The van der Waals surface area contributed by atoms with Crippen LogP contribution >= 0.6 is 0 Å². The second-order valence-electron chi connectivity index (χ2n) is 7.35. The van der Waals surface area contributed by atoms with Crippen molar-refractivity contribution < 1.29 is 23.4 Å². The minimum Gasteiger partial charge on any atom is -0.496 e. The van der Waals surface area contributed by atoms with Crippen molar-refractivity contribution in [1.29, 1.82) is 0 Å². The van der Waals surface area contributed by atoms with Crippen LogP contribution in [0.25, 0.3) is 27.7 Å². The van der Waals surface area contributed by atoms with Crippen molar-refractivity contribution in [3.05, 3.63) is 54.3 Å². The van der Waals surface area contributed by atoms with Crippen molar-refractivity contribution in [1.82, 2.24) is 5.32 Å². The van der Waals surface area contributed by atoms with Gasteiger partial charge in [0, 0.05) is 41.8 Å². The third kappa shape index (κ3) is 5.27. The van der Waals surface area contributed by atoms with Crippen LogP contribution in [-0.2, 0) is 9.53 Å². The summed E-state index contributed by atoms with van der Waals surface area (Å²) in [6, 6.07) is 11.7. The second-order valence-corrected chi connectivity index (χ2v) is 7.35. The molecule has 0 aliphatic carbocycles. The van der Waals surface area contributed by atoms with E-state index in [1.807, 2.05) is 57.2 Å². The predicted molar refractivity (Wildman–Crippen MR) is 123 cm³/mol. The number of hydrogen-bond acceptors (Lipinski definition) is 5. The fourth-order valence-corrected chi connectivity index (χ4v) is 3.50. The number of nitrogens with one attached hydrogen (secondary N) is 1. The smallest absolute Gasteiger partial charge is 0.244 e. The van der Waals surface area contributed by atoms with Crippen molar-refractivity contribution in [3.8, 4) is 22.6 Å². The van der Waals surface area contributed by atoms with Crippen molar-refractivity contribution in [2.45, 2.75) is 26.8 Å². The Morgan fingerprint density at radius 2 is 1.94 bits per heavy atom. The van der Waals surface area contributed by atoms with Gasteiger partial charge in [0.05, 0.1) is 26.6 Å². The fraction of sp³-hybridized carbons (Fsp3) is 0.320. The van der Waals surface area contributed by atoms with Gasteiger partial charge in [-0.3, -0.25) is 4.79 Å². The fourth-order valence-electron chi connectivity index (χ4n) is 3.50. The molecule has 0 bridgehead atoms. The first kappa shape index (κ1) is 22.4. The van der Waals surface area contributed by atoms with E-state index in [0.29, 0.717) is 19.0 Å². The summed E-state index contributed by atoms with van der Waals surface area (Å²) in [7, 11) is 3.21. The molecule has 6 heteroatoms. The standard InChI is InChI=1S/C25H29NO5/c1-6-30-19-9-7-18(8-10-19)22-15-31-24-13-23(29-5)20(12-21(22)24)16(2)11-25(27)26-17(3)14-28-4/h7-13,15,17H,6,14H2,1-5H3,(H,26,27)/b16-11+. The molecule has 0 radical (unpaired) electrons. The van der Waals surface area contributed by atoms with Crippen LogP contribution in [-0.4, -0.2) is 39.4 Å². The summed E-state index contributed by atoms with van der Waals surface area (Å²) < 4.78 is 22.0. The molecule has 2 aromatic carbocycles. The summed E-state index contributed by atoms with van der Waals surface area (Å²) >= 11 is 0. The van der Waals surface area contributed by atoms with E-state index >= 15 is 0 Å². The number of rotatable bonds is 9. The maximum Gasteiger partial charge on any atom is 0.244 e. The number of carbonyl (C=O) groups excluding carboxylic acids is 1. The van der Waals surface area contributed by atoms with E-state index in [0.717, 1.165) is 39.0 Å². The van der Waals surface area contributed by atoms with Gasteiger partial charge in [-0.2, -0.15) is 0 Å². The molecule has 31 heavy (non-hydrogen) atoms. The lowest BCUT2D eigenvalue weighted by atomic mass is 9.99. The van der Waals surface area contributed by atoms with E-state index in [-0.39, 0.29) is 11.9 Å². The minimum atomic E-state index is -0.178. The Morgan fingerprint density at radius 3 is 2.58 bits per heavy atom. The molecule has 1 heterocycles. The normalized spacial score (nSPS) is 12.6. The van der Waals surface area contributed by atoms with E-state index in [2.05, 4.69) is 5.32 Å². The second kappa shape index (κ2) is 10.2. The molecule has 0 aliphatic rings. The van der Waals surface area contributed by atoms with Crippen molar-refractivity contribution in [2.24, 2.45) is 0 Å². The molecule has 1 N–H and O–H groups in total. The van der Waals surface area contributed by atoms with Gasteiger partial charge in [0.25, 0.3) is 0 Å². The number of carbonyl (C=O) groups is 1. The maximum atomic E-state index is 12.4. The van der Waals surface area contributed by atoms with Crippen molar-refractivity contribution in [3.63, 3.8) is 0 Å². The van der Waals surface area contributed by atoms with Crippen LogP contribution in [0, 0.1) is 0 Å². The highest BCUT2D eigenvalue weighted by Gasteiger charge is 2.15. The Morgan fingerprint density at radius 1 is 1.19 bits per heavy atom. The van der Waals surface area contributed by atoms with E-state index in [9.17, 15) is 4.79 Å². The van der Waals surface area contributed by atoms with Gasteiger partial charge in [0.15, 0.2) is 0 Å². The number of fused-ring (bicyclic) bond motifs is 1. The molecule has 0 aliphatic heterocycles. The van der Waals surface area contributed by atoms with Gasteiger partial charge in [0.1, 0.15) is 17.1 Å². The Bertz CT molecular complexity index is 1070. The Balaban J connectivity index is 1.97. The molecular formula is C25H29NO5. The van der Waals surface area contributed by atoms with Crippen LogP contribution in [0.1, 0.15) is 26.3 Å². The molecule has 3 rings (SSSR count). The average Bonchev–Trinajstić information content (AvgIpc) is 3.16. The number of ether oxygens (including phenoxy) is 3. The summed E-state index contributed by atoms with van der Waals surface area (Å²) in [5, 5.41) is 3.84. The van der Waals surface area contributed by atoms with Gasteiger partial charge in [-0.05, 0) is 50.1 Å². The molecule has 1 amide bonds. The molecular weight excluding hydrogens is 394 g/mol. The highest BCUT2D eigenvalue weighted by atomic mass is 16.5. The highest BCUT2D eigenvalue weighted by Crippen LogP contribution is 2.37. The first-order valence-corrected chi connectivity index (χ1v) is 10.3. The molecule has 0 saturated heterocycles. The minimum absolute atomic E-state index is 0.0777. The number of allylic oxidation sites excluding steroid dienone is 1. The average molecular weight is 424 g/mol. The molecule has 1 unspecified atom stereocenters. The highest BCUT2D eigenvalue weighted by molar-refractivity contribution is 6.00. The zero-order valence-electron chi connectivity index (χ0n) is 18.7. The van der Waals surface area contributed by atoms with Gasteiger partial charge in [-0.15, -0.1) is 0 Å². The van der Waals surface area contributed by atoms with Crippen LogP contribution in [0.3, 0.4) is 0 Å². The summed E-state index contributed by atoms with van der Waals surface area (Å²) in [5.41, 5.74) is 4.33. The molecule has 1 atom stereocenters. The third-order valence-corrected chi connectivity index (χ3v) is 4.95. The summed E-state index contributed by atoms with van der Waals surface area (Å²) in [6.45, 7) is 6.82. The topological polar surface area (TPSA) is 69.9 Å². The SMILES string of the molecule is CCOc1ccc(-c2coc3cc(OC)c(/C(C)=C/C(=O)NC(C)COC)cc23)cc1. The van der Waals surface area contributed by atoms with Crippen molar-refractivity contribution >= 4 is 22.4 Å². The number of benzene rings is 2. The van der Waals surface area contributed by atoms with E-state index in [1.165, 1.54) is 0 Å². The van der Waals surface area contributed by atoms with E-state index < -0.39 is 0 Å². The summed E-state index contributed by atoms with van der Waals surface area (Å²) in [6.07, 6.45) is 3.31.